The molecule has 1 saturated heterocycles. The van der Waals surface area contributed by atoms with Gasteiger partial charge in [0.1, 0.15) is 11.9 Å². The molecule has 108 valence electrons. The molecule has 0 aromatic rings. The Morgan fingerprint density at radius 1 is 1.55 bits per heavy atom. The molecule has 2 aliphatic heterocycles. The van der Waals surface area contributed by atoms with Crippen LogP contribution in [0.15, 0.2) is 39.2 Å². The number of fused-ring (bicyclic) bond motifs is 1. The van der Waals surface area contributed by atoms with E-state index in [1.54, 1.807) is 4.99 Å². The molecule has 5 atom stereocenters. The Balaban J connectivity index is 1.64. The van der Waals surface area contributed by atoms with Crippen molar-refractivity contribution in [3.63, 3.8) is 0 Å². The molecule has 0 aromatic carbocycles. The van der Waals surface area contributed by atoms with Gasteiger partial charge in [-0.1, -0.05) is 37.4 Å². The van der Waals surface area contributed by atoms with Crippen LogP contribution in [-0.2, 0) is 9.47 Å². The van der Waals surface area contributed by atoms with Crippen molar-refractivity contribution in [2.45, 2.75) is 44.5 Å². The number of rotatable bonds is 4. The van der Waals surface area contributed by atoms with Crippen LogP contribution >= 0.6 is 31.9 Å². The van der Waals surface area contributed by atoms with Crippen LogP contribution < -0.4 is 0 Å². The first-order valence-electron chi connectivity index (χ1n) is 6.96. The Kier molecular flexibility index (Phi) is 4.28. The molecule has 0 spiro atoms. The molecule has 2 heterocycles. The zero-order chi connectivity index (χ0) is 14.3. The summed E-state index contributed by atoms with van der Waals surface area (Å²) < 4.78 is 13.2. The topological polar surface area (TPSA) is 18.5 Å². The average molecular weight is 402 g/mol. The van der Waals surface area contributed by atoms with Crippen molar-refractivity contribution < 1.29 is 9.47 Å². The molecule has 0 N–H and O–H groups in total. The highest BCUT2D eigenvalue weighted by molar-refractivity contribution is 9.11. The summed E-state index contributed by atoms with van der Waals surface area (Å²) in [7, 11) is 0. The average Bonchev–Trinajstić information content (AvgIpc) is 3.07. The summed E-state index contributed by atoms with van der Waals surface area (Å²) in [5.74, 6) is 2.37. The lowest BCUT2D eigenvalue weighted by Crippen LogP contribution is -2.50. The van der Waals surface area contributed by atoms with E-state index in [-0.39, 0.29) is 18.3 Å². The van der Waals surface area contributed by atoms with E-state index in [0.717, 1.165) is 29.0 Å². The molecule has 2 fully saturated rings. The third-order valence-electron chi connectivity index (χ3n) is 4.14. The van der Waals surface area contributed by atoms with E-state index in [4.69, 9.17) is 9.47 Å². The van der Waals surface area contributed by atoms with E-state index in [0.29, 0.717) is 5.92 Å². The summed E-state index contributed by atoms with van der Waals surface area (Å²) in [6, 6.07) is 0. The number of halogens is 2. The summed E-state index contributed by atoms with van der Waals surface area (Å²) in [5.41, 5.74) is 4.30. The number of hydrogen-bond donors (Lipinski definition) is 0. The van der Waals surface area contributed by atoms with Gasteiger partial charge in [0, 0.05) is 21.8 Å². The Hall–Kier alpha value is -0.280. The van der Waals surface area contributed by atoms with Crippen molar-refractivity contribution >= 4 is 31.9 Å². The Morgan fingerprint density at radius 3 is 3.05 bits per heavy atom. The van der Waals surface area contributed by atoms with Gasteiger partial charge in [-0.25, -0.2) is 0 Å². The van der Waals surface area contributed by atoms with Crippen LogP contribution in [0.4, 0.5) is 0 Å². The van der Waals surface area contributed by atoms with Gasteiger partial charge in [0.25, 0.3) is 0 Å². The van der Waals surface area contributed by atoms with E-state index >= 15 is 0 Å². The summed E-state index contributed by atoms with van der Waals surface area (Å²) in [5, 5.41) is 0. The quantitative estimate of drug-likeness (QED) is 0.496. The molecule has 3 rings (SSSR count). The minimum absolute atomic E-state index is 0.0802. The van der Waals surface area contributed by atoms with Crippen LogP contribution in [0.1, 0.15) is 26.2 Å². The fraction of sp³-hybridized carbons (Fsp3) is 0.562. The third kappa shape index (κ3) is 2.85. The maximum Gasteiger partial charge on any atom is 0.153 e. The van der Waals surface area contributed by atoms with Crippen LogP contribution in [-0.4, -0.2) is 18.3 Å². The van der Waals surface area contributed by atoms with Gasteiger partial charge in [-0.3, -0.25) is 0 Å². The van der Waals surface area contributed by atoms with Crippen molar-refractivity contribution in [2.24, 2.45) is 11.8 Å². The molecule has 4 heteroatoms. The van der Waals surface area contributed by atoms with Crippen molar-refractivity contribution in [1.82, 2.24) is 0 Å². The lowest BCUT2D eigenvalue weighted by atomic mass is 9.94. The number of ether oxygens (including phenoxy) is 2. The van der Waals surface area contributed by atoms with Gasteiger partial charge in [-0.15, -0.1) is 12.3 Å². The van der Waals surface area contributed by atoms with Crippen molar-refractivity contribution in [2.75, 3.05) is 0 Å². The Labute approximate surface area is 136 Å². The van der Waals surface area contributed by atoms with Gasteiger partial charge in [-0.2, -0.15) is 0 Å². The Morgan fingerprint density at radius 2 is 2.35 bits per heavy atom. The van der Waals surface area contributed by atoms with Gasteiger partial charge in [-0.05, 0) is 31.8 Å². The predicted octanol–water partition coefficient (Wildman–Crippen LogP) is 4.82. The van der Waals surface area contributed by atoms with Gasteiger partial charge in [0.05, 0.1) is 6.10 Å². The highest BCUT2D eigenvalue weighted by atomic mass is 79.9. The molecule has 0 bridgehead atoms. The number of hydrogen-bond acceptors (Lipinski definition) is 2. The molecule has 20 heavy (non-hydrogen) atoms. The second kappa shape index (κ2) is 5.84. The fourth-order valence-electron chi connectivity index (χ4n) is 3.13. The minimum atomic E-state index is 0.0802. The van der Waals surface area contributed by atoms with Gasteiger partial charge >= 0.3 is 0 Å². The maximum atomic E-state index is 6.13. The first-order valence-corrected chi connectivity index (χ1v) is 8.67. The predicted molar refractivity (Wildman–Crippen MR) is 86.7 cm³/mol. The minimum Gasteiger partial charge on any atom is -0.487 e. The second-order valence-electron chi connectivity index (χ2n) is 5.91. The van der Waals surface area contributed by atoms with Crippen LogP contribution in [0, 0.1) is 11.8 Å². The number of allylic oxidation sites excluding steroid dienone is 1. The van der Waals surface area contributed by atoms with Crippen LogP contribution in [0.25, 0.3) is 0 Å². The van der Waals surface area contributed by atoms with E-state index < -0.39 is 0 Å². The molecule has 1 aliphatic carbocycles. The standard InChI is InChI=1S/C16H18Br2O2/c1-9(2)6-10-7-12(10)14-16-15(20-14)13(18)8-11(19-16)4-3-5-17/h4-5,10-12,14,16H,1,6-8H2,2H3/t3?,10-,11-,12+,14+,16+/m1/s1. The third-order valence-corrected chi connectivity index (χ3v) is 5.12. The molecular formula is C16H18Br2O2. The first kappa shape index (κ1) is 14.6. The molecule has 0 amide bonds. The monoisotopic (exact) mass is 400 g/mol. The second-order valence-corrected chi connectivity index (χ2v) is 7.33. The SMILES string of the molecule is C=C(C)C[C@@H]1C[C@@H]1[C@@H]1OC2=C(Br)C[C@@H](C=C=CBr)O[C@H]21. The summed E-state index contributed by atoms with van der Waals surface area (Å²) in [4.78, 5) is 1.72. The fourth-order valence-corrected chi connectivity index (χ4v) is 3.92. The highest BCUT2D eigenvalue weighted by Gasteiger charge is 2.56. The molecule has 0 aromatic heterocycles. The molecular weight excluding hydrogens is 384 g/mol. The van der Waals surface area contributed by atoms with E-state index in [1.165, 1.54) is 12.0 Å². The Bertz CT molecular complexity index is 517. The smallest absolute Gasteiger partial charge is 0.153 e. The summed E-state index contributed by atoms with van der Waals surface area (Å²) in [6.45, 7) is 6.10. The summed E-state index contributed by atoms with van der Waals surface area (Å²) in [6.07, 6.45) is 5.57. The lowest BCUT2D eigenvalue weighted by molar-refractivity contribution is -0.168. The largest absolute Gasteiger partial charge is 0.487 e. The molecule has 3 aliphatic rings. The highest BCUT2D eigenvalue weighted by Crippen LogP contribution is 2.54. The van der Waals surface area contributed by atoms with Crippen molar-refractivity contribution in [1.29, 1.82) is 0 Å². The van der Waals surface area contributed by atoms with Crippen molar-refractivity contribution in [3.8, 4) is 0 Å². The first-order chi connectivity index (χ1) is 9.60. The van der Waals surface area contributed by atoms with Crippen LogP contribution in [0.3, 0.4) is 0 Å². The molecule has 1 saturated carbocycles. The van der Waals surface area contributed by atoms with Crippen LogP contribution in [0.5, 0.6) is 0 Å². The van der Waals surface area contributed by atoms with Gasteiger partial charge in [0.2, 0.25) is 0 Å². The lowest BCUT2D eigenvalue weighted by Gasteiger charge is -2.45. The molecule has 2 nitrogen and oxygen atoms in total. The van der Waals surface area contributed by atoms with E-state index in [2.05, 4.69) is 51.1 Å². The van der Waals surface area contributed by atoms with Crippen molar-refractivity contribution in [3.05, 3.63) is 39.2 Å². The molecule has 0 radical (unpaired) electrons. The van der Waals surface area contributed by atoms with Gasteiger partial charge < -0.3 is 9.47 Å². The molecule has 0 unspecified atom stereocenters. The van der Waals surface area contributed by atoms with E-state index in [9.17, 15) is 0 Å². The van der Waals surface area contributed by atoms with E-state index in [1.807, 2.05) is 6.08 Å². The van der Waals surface area contributed by atoms with Gasteiger partial charge in [0.15, 0.2) is 6.10 Å². The summed E-state index contributed by atoms with van der Waals surface area (Å²) >= 11 is 6.85. The normalized spacial score (nSPS) is 38.0. The van der Waals surface area contributed by atoms with Crippen LogP contribution in [0.2, 0.25) is 0 Å². The zero-order valence-electron chi connectivity index (χ0n) is 11.4. The maximum absolute atomic E-state index is 6.13. The zero-order valence-corrected chi connectivity index (χ0v) is 14.6.